The Morgan fingerprint density at radius 2 is 2.25 bits per heavy atom. The van der Waals surface area contributed by atoms with Gasteiger partial charge in [0.2, 0.25) is 0 Å². The van der Waals surface area contributed by atoms with Crippen molar-refractivity contribution in [2.45, 2.75) is 0 Å². The van der Waals surface area contributed by atoms with Crippen molar-refractivity contribution in [3.05, 3.63) is 53.7 Å². The highest BCUT2D eigenvalue weighted by molar-refractivity contribution is 5.88. The molecule has 0 saturated heterocycles. The van der Waals surface area contributed by atoms with Crippen molar-refractivity contribution in [3.63, 3.8) is 0 Å². The van der Waals surface area contributed by atoms with Crippen molar-refractivity contribution in [2.24, 2.45) is 0 Å². The third-order valence-corrected chi connectivity index (χ3v) is 2.03. The van der Waals surface area contributed by atoms with Crippen molar-refractivity contribution < 1.29 is 14.3 Å². The summed E-state index contributed by atoms with van der Waals surface area (Å²) in [5.74, 6) is -0.934. The topological polar surface area (TPSA) is 63.3 Å². The molecule has 2 rings (SSSR count). The summed E-state index contributed by atoms with van der Waals surface area (Å²) in [4.78, 5) is 14.7. The van der Waals surface area contributed by atoms with E-state index < -0.39 is 5.97 Å². The van der Waals surface area contributed by atoms with Crippen LogP contribution in [0.3, 0.4) is 0 Å². The van der Waals surface area contributed by atoms with Crippen molar-refractivity contribution in [1.29, 1.82) is 0 Å². The molecule has 0 aliphatic rings. The lowest BCUT2D eigenvalue weighted by molar-refractivity contribution is 0.0697. The first-order valence-corrected chi connectivity index (χ1v) is 4.65. The number of carbonyl (C=O) groups is 1. The minimum Gasteiger partial charge on any atom is -0.478 e. The van der Waals surface area contributed by atoms with Gasteiger partial charge in [0.05, 0.1) is 5.56 Å². The van der Waals surface area contributed by atoms with E-state index in [1.807, 2.05) is 6.07 Å². The first-order valence-electron chi connectivity index (χ1n) is 4.65. The number of hydrogen-bond donors (Lipinski definition) is 1. The fraction of sp³-hybridized carbons (Fsp3) is 0. The number of rotatable bonds is 3. The monoisotopic (exact) mass is 215 g/mol. The summed E-state index contributed by atoms with van der Waals surface area (Å²) >= 11 is 0. The molecule has 0 amide bonds. The fourth-order valence-electron chi connectivity index (χ4n) is 1.26. The molecule has 1 aromatic heterocycles. The smallest absolute Gasteiger partial charge is 0.335 e. The lowest BCUT2D eigenvalue weighted by Gasteiger charge is -1.95. The maximum atomic E-state index is 10.7. The molecule has 0 bridgehead atoms. The van der Waals surface area contributed by atoms with Gasteiger partial charge in [-0.3, -0.25) is 0 Å². The molecule has 0 radical (unpaired) electrons. The largest absolute Gasteiger partial charge is 0.478 e. The molecule has 2 aromatic rings. The molecule has 0 aliphatic carbocycles. The van der Waals surface area contributed by atoms with Crippen LogP contribution in [-0.2, 0) is 0 Å². The number of aromatic carboxylic acids is 1. The van der Waals surface area contributed by atoms with Crippen LogP contribution in [0.1, 0.15) is 21.6 Å². The molecular weight excluding hydrogens is 206 g/mol. The van der Waals surface area contributed by atoms with E-state index in [2.05, 4.69) is 4.98 Å². The van der Waals surface area contributed by atoms with Gasteiger partial charge in [0.1, 0.15) is 12.0 Å². The number of carboxylic acid groups (broad SMARTS) is 1. The molecule has 80 valence electrons. The first kappa shape index (κ1) is 10.2. The molecular formula is C12H9NO3. The van der Waals surface area contributed by atoms with Crippen LogP contribution in [0, 0.1) is 0 Å². The van der Waals surface area contributed by atoms with Gasteiger partial charge < -0.3 is 9.52 Å². The Kier molecular flexibility index (Phi) is 2.82. The van der Waals surface area contributed by atoms with Crippen molar-refractivity contribution in [2.75, 3.05) is 0 Å². The Labute approximate surface area is 91.9 Å². The lowest BCUT2D eigenvalue weighted by atomic mass is 10.1. The van der Waals surface area contributed by atoms with Gasteiger partial charge in [0.15, 0.2) is 6.39 Å². The van der Waals surface area contributed by atoms with Gasteiger partial charge in [-0.2, -0.15) is 0 Å². The number of hydrogen-bond acceptors (Lipinski definition) is 3. The van der Waals surface area contributed by atoms with Crippen LogP contribution in [0.5, 0.6) is 0 Å². The normalized spacial score (nSPS) is 10.8. The Morgan fingerprint density at radius 1 is 1.38 bits per heavy atom. The summed E-state index contributed by atoms with van der Waals surface area (Å²) in [6.45, 7) is 0. The summed E-state index contributed by atoms with van der Waals surface area (Å²) in [5, 5.41) is 8.81. The van der Waals surface area contributed by atoms with Crippen LogP contribution in [0.25, 0.3) is 12.2 Å². The molecule has 4 nitrogen and oxygen atoms in total. The van der Waals surface area contributed by atoms with Gasteiger partial charge in [-0.1, -0.05) is 18.2 Å². The molecule has 0 unspecified atom stereocenters. The van der Waals surface area contributed by atoms with Gasteiger partial charge in [-0.15, -0.1) is 0 Å². The highest BCUT2D eigenvalue weighted by atomic mass is 16.4. The Hall–Kier alpha value is -2.36. The number of nitrogens with zero attached hydrogens (tertiary/aromatic N) is 1. The Balaban J connectivity index is 2.22. The highest BCUT2D eigenvalue weighted by Crippen LogP contribution is 2.09. The predicted octanol–water partition coefficient (Wildman–Crippen LogP) is 2.54. The summed E-state index contributed by atoms with van der Waals surface area (Å²) in [6.07, 6.45) is 6.39. The molecule has 4 heteroatoms. The van der Waals surface area contributed by atoms with Crippen molar-refractivity contribution >= 4 is 18.1 Å². The predicted molar refractivity (Wildman–Crippen MR) is 58.8 cm³/mol. The van der Waals surface area contributed by atoms with Gasteiger partial charge in [0.25, 0.3) is 0 Å². The molecule has 0 atom stereocenters. The number of aromatic nitrogens is 1. The summed E-state index contributed by atoms with van der Waals surface area (Å²) in [5.41, 5.74) is 1.77. The maximum absolute atomic E-state index is 10.7. The molecule has 0 fully saturated rings. The van der Waals surface area contributed by atoms with E-state index in [0.29, 0.717) is 5.69 Å². The van der Waals surface area contributed by atoms with Gasteiger partial charge in [-0.25, -0.2) is 9.78 Å². The zero-order valence-electron chi connectivity index (χ0n) is 8.33. The van der Waals surface area contributed by atoms with Crippen molar-refractivity contribution in [3.8, 4) is 0 Å². The van der Waals surface area contributed by atoms with E-state index >= 15 is 0 Å². The number of benzene rings is 1. The third-order valence-electron chi connectivity index (χ3n) is 2.03. The van der Waals surface area contributed by atoms with E-state index in [9.17, 15) is 4.79 Å². The van der Waals surface area contributed by atoms with E-state index in [-0.39, 0.29) is 5.56 Å². The average molecular weight is 215 g/mol. The van der Waals surface area contributed by atoms with E-state index in [4.69, 9.17) is 9.52 Å². The zero-order chi connectivity index (χ0) is 11.4. The number of oxazole rings is 1. The lowest BCUT2D eigenvalue weighted by Crippen LogP contribution is -1.95. The van der Waals surface area contributed by atoms with E-state index in [1.165, 1.54) is 12.7 Å². The second-order valence-corrected chi connectivity index (χ2v) is 3.18. The summed E-state index contributed by atoms with van der Waals surface area (Å²) in [6, 6.07) is 6.67. The highest BCUT2D eigenvalue weighted by Gasteiger charge is 2.01. The third kappa shape index (κ3) is 2.36. The standard InChI is InChI=1S/C12H9NO3/c14-12(15)10-3-1-2-9(6-10)4-5-11-7-16-8-13-11/h1-8H,(H,14,15)/b5-4-. The second-order valence-electron chi connectivity index (χ2n) is 3.18. The minimum absolute atomic E-state index is 0.266. The Morgan fingerprint density at radius 3 is 2.94 bits per heavy atom. The van der Waals surface area contributed by atoms with Crippen LogP contribution < -0.4 is 0 Å². The molecule has 0 aliphatic heterocycles. The number of carboxylic acids is 1. The molecule has 0 spiro atoms. The molecule has 16 heavy (non-hydrogen) atoms. The van der Waals surface area contributed by atoms with Crippen LogP contribution in [-0.4, -0.2) is 16.1 Å². The van der Waals surface area contributed by atoms with Crippen molar-refractivity contribution in [1.82, 2.24) is 4.98 Å². The minimum atomic E-state index is -0.934. The van der Waals surface area contributed by atoms with Crippen LogP contribution in [0.15, 0.2) is 41.3 Å². The molecule has 1 aromatic carbocycles. The van der Waals surface area contributed by atoms with E-state index in [1.54, 1.807) is 30.4 Å². The molecule has 0 saturated carbocycles. The van der Waals surface area contributed by atoms with Crippen LogP contribution in [0.4, 0.5) is 0 Å². The summed E-state index contributed by atoms with van der Waals surface area (Å²) < 4.78 is 4.81. The summed E-state index contributed by atoms with van der Waals surface area (Å²) in [7, 11) is 0. The zero-order valence-corrected chi connectivity index (χ0v) is 8.33. The van der Waals surface area contributed by atoms with Gasteiger partial charge in [0, 0.05) is 0 Å². The first-order chi connectivity index (χ1) is 7.75. The average Bonchev–Trinajstić information content (AvgIpc) is 2.79. The second kappa shape index (κ2) is 4.44. The quantitative estimate of drug-likeness (QED) is 0.854. The van der Waals surface area contributed by atoms with E-state index in [0.717, 1.165) is 5.56 Å². The molecule has 1 N–H and O–H groups in total. The SMILES string of the molecule is O=C(O)c1cccc(/C=C\c2cocn2)c1. The van der Waals surface area contributed by atoms with Crippen LogP contribution in [0.2, 0.25) is 0 Å². The fourth-order valence-corrected chi connectivity index (χ4v) is 1.26. The molecule has 1 heterocycles. The Bertz CT molecular complexity index is 515. The van der Waals surface area contributed by atoms with Gasteiger partial charge in [-0.05, 0) is 23.8 Å². The maximum Gasteiger partial charge on any atom is 0.335 e. The van der Waals surface area contributed by atoms with Gasteiger partial charge >= 0.3 is 5.97 Å². The van der Waals surface area contributed by atoms with Crippen LogP contribution >= 0.6 is 0 Å².